The summed E-state index contributed by atoms with van der Waals surface area (Å²) in [5, 5.41) is 10.7. The molecule has 2 aromatic carbocycles. The Labute approximate surface area is 129 Å². The van der Waals surface area contributed by atoms with Gasteiger partial charge in [0.15, 0.2) is 0 Å². The van der Waals surface area contributed by atoms with E-state index in [4.69, 9.17) is 11.6 Å². The van der Waals surface area contributed by atoms with E-state index in [2.05, 4.69) is 15.9 Å². The van der Waals surface area contributed by atoms with Gasteiger partial charge in [0.1, 0.15) is 17.2 Å². The minimum Gasteiger partial charge on any atom is -0.380 e. The number of halogens is 4. The van der Waals surface area contributed by atoms with Crippen molar-refractivity contribution in [2.45, 2.75) is 18.9 Å². The molecule has 2 aromatic rings. The molecule has 0 aliphatic heterocycles. The summed E-state index contributed by atoms with van der Waals surface area (Å²) in [5.41, 5.74) is -1.78. The number of hydrogen-bond donors (Lipinski definition) is 1. The molecule has 2 rings (SSSR count). The fraction of sp³-hybridized carbons (Fsp3) is 0.200. The highest BCUT2D eigenvalue weighted by molar-refractivity contribution is 9.10. The van der Waals surface area contributed by atoms with Crippen LogP contribution in [0.25, 0.3) is 0 Å². The van der Waals surface area contributed by atoms with E-state index >= 15 is 0 Å². The second-order valence-corrected chi connectivity index (χ2v) is 5.65. The van der Waals surface area contributed by atoms with E-state index in [1.807, 2.05) is 0 Å². The Kier molecular flexibility index (Phi) is 4.47. The quantitative estimate of drug-likeness (QED) is 0.761. The van der Waals surface area contributed by atoms with Gasteiger partial charge in [-0.1, -0.05) is 42.8 Å². The summed E-state index contributed by atoms with van der Waals surface area (Å²) in [6.45, 7) is 1.65. The smallest absolute Gasteiger partial charge is 0.149 e. The summed E-state index contributed by atoms with van der Waals surface area (Å²) < 4.78 is 28.6. The molecular weight excluding hydrogens is 350 g/mol. The van der Waals surface area contributed by atoms with Crippen LogP contribution in [-0.2, 0) is 5.60 Å². The molecule has 0 heterocycles. The lowest BCUT2D eigenvalue weighted by molar-refractivity contribution is 0.0687. The van der Waals surface area contributed by atoms with E-state index in [1.165, 1.54) is 30.3 Å². The van der Waals surface area contributed by atoms with E-state index in [0.29, 0.717) is 4.47 Å². The highest BCUT2D eigenvalue weighted by Crippen LogP contribution is 2.39. The zero-order valence-corrected chi connectivity index (χ0v) is 13.0. The Balaban J connectivity index is 2.69. The van der Waals surface area contributed by atoms with Crippen LogP contribution >= 0.6 is 27.5 Å². The van der Waals surface area contributed by atoms with Crippen molar-refractivity contribution >= 4 is 27.5 Å². The topological polar surface area (TPSA) is 20.2 Å². The maximum atomic E-state index is 14.3. The first-order valence-corrected chi connectivity index (χ1v) is 7.20. The summed E-state index contributed by atoms with van der Waals surface area (Å²) in [7, 11) is 0. The van der Waals surface area contributed by atoms with E-state index in [9.17, 15) is 13.9 Å². The molecular formula is C15H12BrClF2O. The summed E-state index contributed by atoms with van der Waals surface area (Å²) >= 11 is 8.96. The maximum Gasteiger partial charge on any atom is 0.149 e. The lowest BCUT2D eigenvalue weighted by Gasteiger charge is -2.29. The van der Waals surface area contributed by atoms with Crippen molar-refractivity contribution in [3.05, 3.63) is 68.7 Å². The van der Waals surface area contributed by atoms with Gasteiger partial charge in [-0.2, -0.15) is 0 Å². The first-order valence-electron chi connectivity index (χ1n) is 6.03. The number of benzene rings is 2. The van der Waals surface area contributed by atoms with Gasteiger partial charge in [-0.15, -0.1) is 0 Å². The second kappa shape index (κ2) is 5.80. The molecule has 0 saturated carbocycles. The monoisotopic (exact) mass is 360 g/mol. The van der Waals surface area contributed by atoms with Crippen LogP contribution in [-0.4, -0.2) is 5.11 Å². The van der Waals surface area contributed by atoms with Gasteiger partial charge >= 0.3 is 0 Å². The molecule has 1 nitrogen and oxygen atoms in total. The van der Waals surface area contributed by atoms with Crippen LogP contribution in [0.4, 0.5) is 8.78 Å². The third-order valence-corrected chi connectivity index (χ3v) is 4.57. The molecule has 0 spiro atoms. The average molecular weight is 362 g/mol. The third-order valence-electron chi connectivity index (χ3n) is 3.31. The Bertz CT molecular complexity index is 648. The fourth-order valence-electron chi connectivity index (χ4n) is 2.17. The molecule has 106 valence electrons. The van der Waals surface area contributed by atoms with Gasteiger partial charge in [0.25, 0.3) is 0 Å². The van der Waals surface area contributed by atoms with E-state index in [1.54, 1.807) is 13.0 Å². The Morgan fingerprint density at radius 3 is 2.40 bits per heavy atom. The highest BCUT2D eigenvalue weighted by Gasteiger charge is 2.35. The van der Waals surface area contributed by atoms with E-state index in [-0.39, 0.29) is 22.6 Å². The van der Waals surface area contributed by atoms with Crippen molar-refractivity contribution in [2.24, 2.45) is 0 Å². The van der Waals surface area contributed by atoms with Crippen LogP contribution in [0.5, 0.6) is 0 Å². The van der Waals surface area contributed by atoms with Gasteiger partial charge in [-0.05, 0) is 34.5 Å². The predicted octanol–water partition coefficient (Wildman–Crippen LogP) is 5.03. The molecule has 0 radical (unpaired) electrons. The first-order chi connectivity index (χ1) is 9.41. The van der Waals surface area contributed by atoms with Crippen molar-refractivity contribution in [2.75, 3.05) is 0 Å². The van der Waals surface area contributed by atoms with Crippen molar-refractivity contribution in [3.63, 3.8) is 0 Å². The molecule has 0 aliphatic rings. The van der Waals surface area contributed by atoms with E-state index < -0.39 is 17.2 Å². The van der Waals surface area contributed by atoms with Crippen LogP contribution < -0.4 is 0 Å². The van der Waals surface area contributed by atoms with Crippen LogP contribution in [0.15, 0.2) is 40.9 Å². The van der Waals surface area contributed by atoms with Gasteiger partial charge in [-0.3, -0.25) is 0 Å². The molecule has 5 heteroatoms. The Hall–Kier alpha value is -0.970. The average Bonchev–Trinajstić information content (AvgIpc) is 2.44. The molecule has 0 fully saturated rings. The van der Waals surface area contributed by atoms with Gasteiger partial charge < -0.3 is 5.11 Å². The van der Waals surface area contributed by atoms with Crippen LogP contribution in [0, 0.1) is 11.6 Å². The molecule has 20 heavy (non-hydrogen) atoms. The minimum atomic E-state index is -1.76. The first kappa shape index (κ1) is 15.4. The SMILES string of the molecule is CCC(O)(c1ccccc1F)c1ccc(Br)c(Cl)c1F. The van der Waals surface area contributed by atoms with E-state index in [0.717, 1.165) is 0 Å². The van der Waals surface area contributed by atoms with Crippen molar-refractivity contribution in [1.82, 2.24) is 0 Å². The predicted molar refractivity (Wildman–Crippen MR) is 78.8 cm³/mol. The number of rotatable bonds is 3. The number of aliphatic hydroxyl groups is 1. The summed E-state index contributed by atoms with van der Waals surface area (Å²) in [6, 6.07) is 8.71. The molecule has 0 saturated heterocycles. The Morgan fingerprint density at radius 2 is 1.80 bits per heavy atom. The summed E-state index contributed by atoms with van der Waals surface area (Å²) in [4.78, 5) is 0. The standard InChI is InChI=1S/C15H12BrClF2O/c1-2-15(20,9-5-3-4-6-12(9)18)10-7-8-11(16)13(17)14(10)19/h3-8,20H,2H2,1H3. The second-order valence-electron chi connectivity index (χ2n) is 4.42. The fourth-order valence-corrected chi connectivity index (χ4v) is 2.64. The highest BCUT2D eigenvalue weighted by atomic mass is 79.9. The molecule has 0 aliphatic carbocycles. The van der Waals surface area contributed by atoms with Gasteiger partial charge in [0.2, 0.25) is 0 Å². The van der Waals surface area contributed by atoms with Crippen molar-refractivity contribution < 1.29 is 13.9 Å². The third kappa shape index (κ3) is 2.48. The zero-order valence-electron chi connectivity index (χ0n) is 10.6. The largest absolute Gasteiger partial charge is 0.380 e. The molecule has 1 N–H and O–H groups in total. The number of hydrogen-bond acceptors (Lipinski definition) is 1. The molecule has 0 amide bonds. The van der Waals surface area contributed by atoms with Crippen LogP contribution in [0.1, 0.15) is 24.5 Å². The van der Waals surface area contributed by atoms with Gasteiger partial charge in [0, 0.05) is 15.6 Å². The van der Waals surface area contributed by atoms with Crippen molar-refractivity contribution in [1.29, 1.82) is 0 Å². The van der Waals surface area contributed by atoms with Crippen LogP contribution in [0.2, 0.25) is 5.02 Å². The Morgan fingerprint density at radius 1 is 1.15 bits per heavy atom. The molecule has 1 atom stereocenters. The summed E-state index contributed by atoms with van der Waals surface area (Å²) in [5.74, 6) is -1.34. The molecule has 0 bridgehead atoms. The summed E-state index contributed by atoms with van der Waals surface area (Å²) in [6.07, 6.45) is 0.114. The lowest BCUT2D eigenvalue weighted by Crippen LogP contribution is -2.29. The van der Waals surface area contributed by atoms with Gasteiger partial charge in [0.05, 0.1) is 5.02 Å². The minimum absolute atomic E-state index is 0.0276. The lowest BCUT2D eigenvalue weighted by atomic mass is 9.83. The normalized spacial score (nSPS) is 14.1. The molecule has 0 aromatic heterocycles. The molecule has 1 unspecified atom stereocenters. The van der Waals surface area contributed by atoms with Gasteiger partial charge in [-0.25, -0.2) is 8.78 Å². The van der Waals surface area contributed by atoms with Crippen molar-refractivity contribution in [3.8, 4) is 0 Å². The van der Waals surface area contributed by atoms with Crippen LogP contribution in [0.3, 0.4) is 0 Å². The maximum absolute atomic E-state index is 14.3. The zero-order chi connectivity index (χ0) is 14.9.